The maximum atomic E-state index is 8.35. The van der Waals surface area contributed by atoms with Crippen LogP contribution in [0.3, 0.4) is 0 Å². The summed E-state index contributed by atoms with van der Waals surface area (Å²) >= 11 is 0. The van der Waals surface area contributed by atoms with Gasteiger partial charge in [0.05, 0.1) is 6.61 Å². The SMILES string of the molecule is CN(/C=C\N)CCO. The van der Waals surface area contributed by atoms with Gasteiger partial charge >= 0.3 is 0 Å². The molecule has 0 aromatic rings. The van der Waals surface area contributed by atoms with E-state index in [1.165, 1.54) is 6.20 Å². The molecule has 8 heavy (non-hydrogen) atoms. The van der Waals surface area contributed by atoms with Crippen LogP contribution < -0.4 is 5.73 Å². The van der Waals surface area contributed by atoms with Crippen LogP contribution in [0.1, 0.15) is 0 Å². The molecule has 0 aliphatic carbocycles. The number of rotatable bonds is 3. The first-order valence-electron chi connectivity index (χ1n) is 2.50. The van der Waals surface area contributed by atoms with Gasteiger partial charge in [0, 0.05) is 26.0 Å². The second-order valence-electron chi connectivity index (χ2n) is 1.55. The van der Waals surface area contributed by atoms with Crippen LogP contribution in [0, 0.1) is 0 Å². The van der Waals surface area contributed by atoms with Crippen LogP contribution in [0.4, 0.5) is 0 Å². The molecule has 0 radical (unpaired) electrons. The third-order valence-electron chi connectivity index (χ3n) is 0.793. The molecule has 3 heteroatoms. The number of aliphatic hydroxyl groups is 1. The van der Waals surface area contributed by atoms with Crippen LogP contribution in [0.5, 0.6) is 0 Å². The first-order chi connectivity index (χ1) is 3.81. The normalized spacial score (nSPS) is 10.2. The Kier molecular flexibility index (Phi) is 4.07. The van der Waals surface area contributed by atoms with Crippen molar-refractivity contribution in [3.63, 3.8) is 0 Å². The van der Waals surface area contributed by atoms with E-state index in [9.17, 15) is 0 Å². The second-order valence-corrected chi connectivity index (χ2v) is 1.55. The molecule has 0 atom stereocenters. The summed E-state index contributed by atoms with van der Waals surface area (Å²) in [6.07, 6.45) is 3.14. The molecule has 0 saturated carbocycles. The van der Waals surface area contributed by atoms with E-state index in [0.717, 1.165) is 0 Å². The van der Waals surface area contributed by atoms with Gasteiger partial charge in [0.15, 0.2) is 0 Å². The van der Waals surface area contributed by atoms with Crippen molar-refractivity contribution in [2.24, 2.45) is 5.73 Å². The van der Waals surface area contributed by atoms with Crippen LogP contribution in [-0.2, 0) is 0 Å². The number of hydrogen-bond donors (Lipinski definition) is 2. The first kappa shape index (κ1) is 7.30. The number of aliphatic hydroxyl groups excluding tert-OH is 1. The zero-order valence-electron chi connectivity index (χ0n) is 5.04. The molecule has 0 saturated heterocycles. The third kappa shape index (κ3) is 3.49. The molecular weight excluding hydrogens is 104 g/mol. The van der Waals surface area contributed by atoms with Gasteiger partial charge in [-0.25, -0.2) is 0 Å². The van der Waals surface area contributed by atoms with E-state index in [1.54, 1.807) is 11.1 Å². The van der Waals surface area contributed by atoms with E-state index in [-0.39, 0.29) is 6.61 Å². The van der Waals surface area contributed by atoms with Crippen LogP contribution in [-0.4, -0.2) is 30.2 Å². The Morgan fingerprint density at radius 3 is 2.75 bits per heavy atom. The maximum absolute atomic E-state index is 8.35. The number of nitrogens with zero attached hydrogens (tertiary/aromatic N) is 1. The van der Waals surface area contributed by atoms with Crippen LogP contribution in [0.2, 0.25) is 0 Å². The summed E-state index contributed by atoms with van der Waals surface area (Å²) in [4.78, 5) is 1.81. The van der Waals surface area contributed by atoms with Crippen molar-refractivity contribution in [3.05, 3.63) is 12.4 Å². The van der Waals surface area contributed by atoms with E-state index in [1.807, 2.05) is 7.05 Å². The minimum absolute atomic E-state index is 0.167. The van der Waals surface area contributed by atoms with Crippen molar-refractivity contribution >= 4 is 0 Å². The average molecular weight is 116 g/mol. The van der Waals surface area contributed by atoms with E-state index >= 15 is 0 Å². The molecular formula is C5H12N2O. The molecule has 48 valence electrons. The van der Waals surface area contributed by atoms with Crippen molar-refractivity contribution in [2.75, 3.05) is 20.2 Å². The Balaban J connectivity index is 3.17. The summed E-state index contributed by atoms with van der Waals surface area (Å²) in [6.45, 7) is 0.800. The fourth-order valence-corrected chi connectivity index (χ4v) is 0.379. The second kappa shape index (κ2) is 4.46. The van der Waals surface area contributed by atoms with E-state index in [4.69, 9.17) is 10.8 Å². The van der Waals surface area contributed by atoms with Crippen LogP contribution in [0.25, 0.3) is 0 Å². The van der Waals surface area contributed by atoms with Crippen molar-refractivity contribution in [2.45, 2.75) is 0 Å². The van der Waals surface area contributed by atoms with Gasteiger partial charge in [0.25, 0.3) is 0 Å². The van der Waals surface area contributed by atoms with Gasteiger partial charge < -0.3 is 15.7 Å². The maximum Gasteiger partial charge on any atom is 0.0606 e. The largest absolute Gasteiger partial charge is 0.403 e. The summed E-state index contributed by atoms with van der Waals surface area (Å²) in [5, 5.41) is 8.35. The Hall–Kier alpha value is -0.700. The molecule has 0 bridgehead atoms. The molecule has 0 aromatic carbocycles. The van der Waals surface area contributed by atoms with Crippen LogP contribution >= 0.6 is 0 Å². The number of nitrogens with two attached hydrogens (primary N) is 1. The standard InChI is InChI=1S/C5H12N2O/c1-7(3-2-6)4-5-8/h2-3,8H,4-6H2,1H3/b3-2-. The molecule has 0 amide bonds. The Morgan fingerprint density at radius 1 is 1.75 bits per heavy atom. The minimum atomic E-state index is 0.167. The average Bonchev–Trinajstić information content (AvgIpc) is 1.68. The van der Waals surface area contributed by atoms with E-state index < -0.39 is 0 Å². The third-order valence-corrected chi connectivity index (χ3v) is 0.793. The lowest BCUT2D eigenvalue weighted by Crippen LogP contribution is -2.15. The monoisotopic (exact) mass is 116 g/mol. The molecule has 0 aromatic heterocycles. The summed E-state index contributed by atoms with van der Waals surface area (Å²) < 4.78 is 0. The lowest BCUT2D eigenvalue weighted by atomic mass is 10.6. The highest BCUT2D eigenvalue weighted by Crippen LogP contribution is 1.78. The summed E-state index contributed by atoms with van der Waals surface area (Å²) in [5.41, 5.74) is 5.06. The van der Waals surface area contributed by atoms with Gasteiger partial charge in [0.2, 0.25) is 0 Å². The quantitative estimate of drug-likeness (QED) is 0.514. The van der Waals surface area contributed by atoms with Crippen molar-refractivity contribution in [1.29, 1.82) is 0 Å². The van der Waals surface area contributed by atoms with Gasteiger partial charge in [0.1, 0.15) is 0 Å². The molecule has 0 rings (SSSR count). The molecule has 0 aliphatic rings. The highest BCUT2D eigenvalue weighted by atomic mass is 16.3. The highest BCUT2D eigenvalue weighted by molar-refractivity contribution is 4.73. The van der Waals surface area contributed by atoms with Crippen LogP contribution in [0.15, 0.2) is 12.4 Å². The molecule has 0 spiro atoms. The smallest absolute Gasteiger partial charge is 0.0606 e. The molecule has 0 aliphatic heterocycles. The molecule has 3 nitrogen and oxygen atoms in total. The molecule has 3 N–H and O–H groups in total. The van der Waals surface area contributed by atoms with E-state index in [2.05, 4.69) is 0 Å². The summed E-state index contributed by atoms with van der Waals surface area (Å²) in [7, 11) is 1.85. The molecule has 0 fully saturated rings. The van der Waals surface area contributed by atoms with E-state index in [0.29, 0.717) is 6.54 Å². The fraction of sp³-hybridized carbons (Fsp3) is 0.600. The summed E-state index contributed by atoms with van der Waals surface area (Å²) in [5.74, 6) is 0. The van der Waals surface area contributed by atoms with Gasteiger partial charge in [-0.05, 0) is 0 Å². The lowest BCUT2D eigenvalue weighted by Gasteiger charge is -2.09. The van der Waals surface area contributed by atoms with Crippen molar-refractivity contribution < 1.29 is 5.11 Å². The predicted molar refractivity (Wildman–Crippen MR) is 33.0 cm³/mol. The summed E-state index contributed by atoms with van der Waals surface area (Å²) in [6, 6.07) is 0. The zero-order valence-corrected chi connectivity index (χ0v) is 5.04. The molecule has 0 unspecified atom stereocenters. The highest BCUT2D eigenvalue weighted by Gasteiger charge is 1.83. The van der Waals surface area contributed by atoms with Crippen molar-refractivity contribution in [3.8, 4) is 0 Å². The van der Waals surface area contributed by atoms with Gasteiger partial charge in [-0.15, -0.1) is 0 Å². The fourth-order valence-electron chi connectivity index (χ4n) is 0.379. The lowest BCUT2D eigenvalue weighted by molar-refractivity contribution is 0.254. The first-order valence-corrected chi connectivity index (χ1v) is 2.50. The Labute approximate surface area is 49.4 Å². The Morgan fingerprint density at radius 2 is 2.38 bits per heavy atom. The van der Waals surface area contributed by atoms with Gasteiger partial charge in [-0.3, -0.25) is 0 Å². The van der Waals surface area contributed by atoms with Gasteiger partial charge in [-0.2, -0.15) is 0 Å². The van der Waals surface area contributed by atoms with Gasteiger partial charge in [-0.1, -0.05) is 0 Å². The number of likely N-dealkylation sites (N-methyl/N-ethyl adjacent to an activating group) is 1. The topological polar surface area (TPSA) is 49.5 Å². The van der Waals surface area contributed by atoms with Crippen molar-refractivity contribution in [1.82, 2.24) is 4.90 Å². The number of hydrogen-bond acceptors (Lipinski definition) is 3. The predicted octanol–water partition coefficient (Wildman–Crippen LogP) is -0.660. The zero-order chi connectivity index (χ0) is 6.41. The Bertz CT molecular complexity index is 72.8. The minimum Gasteiger partial charge on any atom is -0.403 e. The molecule has 0 heterocycles.